The number of hydrogen-bond acceptors (Lipinski definition) is 1. The molecule has 0 aliphatic carbocycles. The second-order valence-corrected chi connectivity index (χ2v) is 4.73. The summed E-state index contributed by atoms with van der Waals surface area (Å²) in [7, 11) is 0. The first-order valence-corrected chi connectivity index (χ1v) is 6.71. The fraction of sp³-hybridized carbons (Fsp3) is 0.200. The zero-order valence-electron chi connectivity index (χ0n) is 10.0. The second kappa shape index (κ2) is 5.37. The third-order valence-corrected chi connectivity index (χ3v) is 3.14. The molecule has 0 saturated carbocycles. The largest absolute Gasteiger partial charge is 0.457 e. The summed E-state index contributed by atoms with van der Waals surface area (Å²) in [5, 5.41) is 0.800. The van der Waals surface area contributed by atoms with Gasteiger partial charge in [-0.05, 0) is 43.2 Å². The lowest BCUT2D eigenvalue weighted by Crippen LogP contribution is -1.90. The van der Waals surface area contributed by atoms with Gasteiger partial charge in [0.25, 0.3) is 0 Å². The van der Waals surface area contributed by atoms with E-state index in [1.54, 1.807) is 0 Å². The van der Waals surface area contributed by atoms with Gasteiger partial charge < -0.3 is 4.74 Å². The number of para-hydroxylation sites is 1. The van der Waals surface area contributed by atoms with Gasteiger partial charge in [0.05, 0.1) is 0 Å². The third kappa shape index (κ3) is 3.10. The van der Waals surface area contributed by atoms with Crippen molar-refractivity contribution in [3.05, 3.63) is 59.2 Å². The highest BCUT2D eigenvalue weighted by Crippen LogP contribution is 2.27. The van der Waals surface area contributed by atoms with Crippen LogP contribution in [0.1, 0.15) is 16.7 Å². The van der Waals surface area contributed by atoms with Gasteiger partial charge in [0, 0.05) is 10.9 Å². The molecule has 0 fully saturated rings. The summed E-state index contributed by atoms with van der Waals surface area (Å²) in [6.07, 6.45) is 0. The normalized spacial score (nSPS) is 10.3. The number of aryl methyl sites for hydroxylation is 2. The van der Waals surface area contributed by atoms with Crippen LogP contribution in [0.25, 0.3) is 0 Å². The average Bonchev–Trinajstić information content (AvgIpc) is 2.28. The fourth-order valence-electron chi connectivity index (χ4n) is 1.83. The van der Waals surface area contributed by atoms with Crippen LogP contribution >= 0.6 is 15.9 Å². The average molecular weight is 291 g/mol. The maximum absolute atomic E-state index is 5.93. The quantitative estimate of drug-likeness (QED) is 0.724. The summed E-state index contributed by atoms with van der Waals surface area (Å²) in [5.74, 6) is 1.81. The van der Waals surface area contributed by atoms with Gasteiger partial charge in [0.15, 0.2) is 0 Å². The molecule has 0 saturated heterocycles. The first-order valence-electron chi connectivity index (χ1n) is 5.59. The standard InChI is InChI=1S/C15H15BrO/c1-11-7-12(2)9-14(8-11)17-15-6-4-3-5-13(15)10-16/h3-9H,10H2,1-2H3. The molecule has 0 atom stereocenters. The van der Waals surface area contributed by atoms with Gasteiger partial charge in [-0.1, -0.05) is 40.2 Å². The van der Waals surface area contributed by atoms with Crippen molar-refractivity contribution in [3.8, 4) is 11.5 Å². The van der Waals surface area contributed by atoms with Gasteiger partial charge >= 0.3 is 0 Å². The summed E-state index contributed by atoms with van der Waals surface area (Å²) < 4.78 is 5.93. The number of benzene rings is 2. The van der Waals surface area contributed by atoms with E-state index in [2.05, 4.69) is 54.0 Å². The van der Waals surface area contributed by atoms with Crippen molar-refractivity contribution < 1.29 is 4.74 Å². The predicted molar refractivity (Wildman–Crippen MR) is 75.1 cm³/mol. The van der Waals surface area contributed by atoms with E-state index in [0.717, 1.165) is 22.4 Å². The minimum Gasteiger partial charge on any atom is -0.457 e. The van der Waals surface area contributed by atoms with Crippen molar-refractivity contribution in [3.63, 3.8) is 0 Å². The van der Waals surface area contributed by atoms with Gasteiger partial charge in [-0.25, -0.2) is 0 Å². The summed E-state index contributed by atoms with van der Waals surface area (Å²) in [5.41, 5.74) is 3.60. The Balaban J connectivity index is 2.31. The summed E-state index contributed by atoms with van der Waals surface area (Å²) in [6.45, 7) is 4.16. The van der Waals surface area contributed by atoms with Crippen LogP contribution in [0.3, 0.4) is 0 Å². The third-order valence-electron chi connectivity index (χ3n) is 2.54. The molecule has 0 N–H and O–H groups in total. The maximum Gasteiger partial charge on any atom is 0.131 e. The van der Waals surface area contributed by atoms with Gasteiger partial charge in [-0.2, -0.15) is 0 Å². The molecule has 0 amide bonds. The highest BCUT2D eigenvalue weighted by Gasteiger charge is 2.03. The zero-order chi connectivity index (χ0) is 12.3. The molecule has 1 nitrogen and oxygen atoms in total. The smallest absolute Gasteiger partial charge is 0.131 e. The first kappa shape index (κ1) is 12.2. The van der Waals surface area contributed by atoms with Crippen LogP contribution in [-0.2, 0) is 5.33 Å². The zero-order valence-corrected chi connectivity index (χ0v) is 11.6. The number of halogens is 1. The molecule has 17 heavy (non-hydrogen) atoms. The lowest BCUT2D eigenvalue weighted by atomic mass is 10.1. The molecule has 0 aliphatic rings. The molecule has 0 heterocycles. The Hall–Kier alpha value is -1.28. The van der Waals surface area contributed by atoms with E-state index in [1.165, 1.54) is 11.1 Å². The monoisotopic (exact) mass is 290 g/mol. The molecular weight excluding hydrogens is 276 g/mol. The van der Waals surface area contributed by atoms with Crippen LogP contribution in [0.4, 0.5) is 0 Å². The summed E-state index contributed by atoms with van der Waals surface area (Å²) in [4.78, 5) is 0. The van der Waals surface area contributed by atoms with Gasteiger partial charge in [0.2, 0.25) is 0 Å². The van der Waals surface area contributed by atoms with Gasteiger partial charge in [0.1, 0.15) is 11.5 Å². The highest BCUT2D eigenvalue weighted by atomic mass is 79.9. The Bertz CT molecular complexity index is 500. The van der Waals surface area contributed by atoms with Crippen molar-refractivity contribution in [2.24, 2.45) is 0 Å². The van der Waals surface area contributed by atoms with Crippen LogP contribution < -0.4 is 4.74 Å². The molecule has 0 spiro atoms. The molecule has 2 aromatic carbocycles. The Morgan fingerprint density at radius 1 is 1.00 bits per heavy atom. The van der Waals surface area contributed by atoms with Crippen molar-refractivity contribution in [1.82, 2.24) is 0 Å². The van der Waals surface area contributed by atoms with E-state index in [0.29, 0.717) is 0 Å². The molecule has 0 aliphatic heterocycles. The molecule has 0 aromatic heterocycles. The van der Waals surface area contributed by atoms with Crippen LogP contribution in [0.15, 0.2) is 42.5 Å². The van der Waals surface area contributed by atoms with Crippen molar-refractivity contribution >= 4 is 15.9 Å². The Labute approximate surface area is 111 Å². The number of rotatable bonds is 3. The lowest BCUT2D eigenvalue weighted by molar-refractivity contribution is 0.478. The van der Waals surface area contributed by atoms with E-state index in [9.17, 15) is 0 Å². The number of ether oxygens (including phenoxy) is 1. The van der Waals surface area contributed by atoms with Crippen molar-refractivity contribution in [2.75, 3.05) is 0 Å². The SMILES string of the molecule is Cc1cc(C)cc(Oc2ccccc2CBr)c1. The van der Waals surface area contributed by atoms with Gasteiger partial charge in [-0.15, -0.1) is 0 Å². The van der Waals surface area contributed by atoms with Gasteiger partial charge in [-0.3, -0.25) is 0 Å². The Morgan fingerprint density at radius 2 is 1.65 bits per heavy atom. The molecule has 2 aromatic rings. The number of hydrogen-bond donors (Lipinski definition) is 0. The second-order valence-electron chi connectivity index (χ2n) is 4.17. The fourth-order valence-corrected chi connectivity index (χ4v) is 2.30. The van der Waals surface area contributed by atoms with Crippen LogP contribution in [0.5, 0.6) is 11.5 Å². The Kier molecular flexibility index (Phi) is 3.85. The molecule has 88 valence electrons. The van der Waals surface area contributed by atoms with E-state index >= 15 is 0 Å². The Morgan fingerprint density at radius 3 is 2.29 bits per heavy atom. The van der Waals surface area contributed by atoms with E-state index in [1.807, 2.05) is 18.2 Å². The topological polar surface area (TPSA) is 9.23 Å². The predicted octanol–water partition coefficient (Wildman–Crippen LogP) is 4.99. The summed E-state index contributed by atoms with van der Waals surface area (Å²) >= 11 is 3.47. The molecule has 2 heteroatoms. The van der Waals surface area contributed by atoms with Crippen molar-refractivity contribution in [2.45, 2.75) is 19.2 Å². The first-order chi connectivity index (χ1) is 8.19. The van der Waals surface area contributed by atoms with Crippen molar-refractivity contribution in [1.29, 1.82) is 0 Å². The van der Waals surface area contributed by atoms with E-state index in [-0.39, 0.29) is 0 Å². The maximum atomic E-state index is 5.93. The molecule has 2 rings (SSSR count). The highest BCUT2D eigenvalue weighted by molar-refractivity contribution is 9.08. The van der Waals surface area contributed by atoms with Crippen LogP contribution in [-0.4, -0.2) is 0 Å². The van der Waals surface area contributed by atoms with Crippen LogP contribution in [0, 0.1) is 13.8 Å². The van der Waals surface area contributed by atoms with E-state index in [4.69, 9.17) is 4.74 Å². The minimum absolute atomic E-state index is 0.800. The molecule has 0 bridgehead atoms. The summed E-state index contributed by atoms with van der Waals surface area (Å²) in [6, 6.07) is 14.3. The molecular formula is C15H15BrO. The lowest BCUT2D eigenvalue weighted by Gasteiger charge is -2.10. The van der Waals surface area contributed by atoms with E-state index < -0.39 is 0 Å². The molecule has 0 radical (unpaired) electrons. The number of alkyl halides is 1. The molecule has 0 unspecified atom stereocenters. The minimum atomic E-state index is 0.800. The van der Waals surface area contributed by atoms with Crippen LogP contribution in [0.2, 0.25) is 0 Å².